The van der Waals surface area contributed by atoms with E-state index in [0.717, 1.165) is 23.0 Å². The minimum Gasteiger partial charge on any atom is -0.334 e. The number of hydrogen-bond donors (Lipinski definition) is 3. The highest BCUT2D eigenvalue weighted by molar-refractivity contribution is 7.99. The van der Waals surface area contributed by atoms with Crippen molar-refractivity contribution in [2.45, 2.75) is 12.1 Å². The first-order valence-corrected chi connectivity index (χ1v) is 9.11. The lowest BCUT2D eigenvalue weighted by Gasteiger charge is -2.05. The van der Waals surface area contributed by atoms with E-state index in [9.17, 15) is 9.18 Å². The lowest BCUT2D eigenvalue weighted by molar-refractivity contribution is -0.113. The smallest absolute Gasteiger partial charge is 0.264 e. The fraction of sp³-hybridized carbons (Fsp3) is 0.118. The number of nitrogens with two attached hydrogens (primary N) is 1. The summed E-state index contributed by atoms with van der Waals surface area (Å²) in [5.41, 5.74) is 4.87. The molecule has 9 nitrogen and oxygen atoms in total. The summed E-state index contributed by atoms with van der Waals surface area (Å²) >= 11 is 1.11. The molecule has 0 aliphatic carbocycles. The Balaban J connectivity index is 1.55. The van der Waals surface area contributed by atoms with Gasteiger partial charge in [-0.3, -0.25) is 9.78 Å². The summed E-state index contributed by atoms with van der Waals surface area (Å²) in [6.07, 6.45) is 3.34. The van der Waals surface area contributed by atoms with E-state index >= 15 is 0 Å². The molecule has 2 heterocycles. The van der Waals surface area contributed by atoms with Gasteiger partial charge in [0, 0.05) is 23.6 Å². The lowest BCUT2D eigenvalue weighted by Crippen LogP contribution is -2.17. The molecule has 0 bridgehead atoms. The van der Waals surface area contributed by atoms with Crippen molar-refractivity contribution in [1.29, 1.82) is 0 Å². The number of aromatic nitrogens is 4. The SMILES string of the molecule is C/C(=N\Nc1nnc(SCC(=O)Nc2ccc(F)cc2)n1N)c1ccncc1. The highest BCUT2D eigenvalue weighted by atomic mass is 32.2. The zero-order chi connectivity index (χ0) is 19.9. The number of hydrogen-bond acceptors (Lipinski definition) is 8. The molecule has 4 N–H and O–H groups in total. The van der Waals surface area contributed by atoms with Gasteiger partial charge in [0.2, 0.25) is 11.1 Å². The molecule has 144 valence electrons. The van der Waals surface area contributed by atoms with Crippen LogP contribution in [0.4, 0.5) is 16.0 Å². The quantitative estimate of drug-likeness (QED) is 0.240. The topological polar surface area (TPSA) is 123 Å². The maximum absolute atomic E-state index is 12.9. The largest absolute Gasteiger partial charge is 0.334 e. The lowest BCUT2D eigenvalue weighted by atomic mass is 10.2. The second-order valence-corrected chi connectivity index (χ2v) is 6.51. The molecular formula is C17H17FN8OS. The predicted octanol–water partition coefficient (Wildman–Crippen LogP) is 2.09. The number of carbonyl (C=O) groups excluding carboxylic acids is 1. The van der Waals surface area contributed by atoms with Crippen molar-refractivity contribution in [3.63, 3.8) is 0 Å². The average molecular weight is 400 g/mol. The third-order valence-corrected chi connectivity index (χ3v) is 4.49. The Bertz CT molecular complexity index is 975. The number of rotatable bonds is 7. The highest BCUT2D eigenvalue weighted by Crippen LogP contribution is 2.17. The van der Waals surface area contributed by atoms with Gasteiger partial charge in [0.1, 0.15) is 5.82 Å². The van der Waals surface area contributed by atoms with Crippen LogP contribution in [0.2, 0.25) is 0 Å². The van der Waals surface area contributed by atoms with Gasteiger partial charge in [-0.05, 0) is 43.3 Å². The van der Waals surface area contributed by atoms with Crippen LogP contribution in [0.3, 0.4) is 0 Å². The summed E-state index contributed by atoms with van der Waals surface area (Å²) in [5, 5.41) is 15.1. The summed E-state index contributed by atoms with van der Waals surface area (Å²) in [4.78, 5) is 15.9. The van der Waals surface area contributed by atoms with Gasteiger partial charge >= 0.3 is 0 Å². The van der Waals surface area contributed by atoms with Crippen molar-refractivity contribution < 1.29 is 9.18 Å². The number of nitrogens with zero attached hydrogens (tertiary/aromatic N) is 5. The molecule has 1 amide bonds. The molecule has 2 aromatic heterocycles. The van der Waals surface area contributed by atoms with Crippen LogP contribution in [-0.4, -0.2) is 37.2 Å². The number of pyridine rings is 1. The number of carbonyl (C=O) groups is 1. The van der Waals surface area contributed by atoms with Crippen LogP contribution in [-0.2, 0) is 4.79 Å². The summed E-state index contributed by atoms with van der Waals surface area (Å²) in [7, 11) is 0. The van der Waals surface area contributed by atoms with Crippen molar-refractivity contribution in [3.05, 3.63) is 60.2 Å². The van der Waals surface area contributed by atoms with Crippen LogP contribution >= 0.6 is 11.8 Å². The molecule has 1 aromatic carbocycles. The fourth-order valence-electron chi connectivity index (χ4n) is 2.10. The van der Waals surface area contributed by atoms with Crippen LogP contribution < -0.4 is 16.6 Å². The number of amides is 1. The minimum atomic E-state index is -0.370. The molecule has 0 spiro atoms. The van der Waals surface area contributed by atoms with Gasteiger partial charge in [0.25, 0.3) is 5.95 Å². The van der Waals surface area contributed by atoms with Crippen LogP contribution in [0.5, 0.6) is 0 Å². The van der Waals surface area contributed by atoms with Crippen LogP contribution in [0.25, 0.3) is 0 Å². The Morgan fingerprint density at radius 2 is 1.93 bits per heavy atom. The van der Waals surface area contributed by atoms with Crippen LogP contribution in [0.15, 0.2) is 59.0 Å². The molecule has 0 saturated heterocycles. The number of nitrogens with one attached hydrogen (secondary N) is 2. The molecule has 0 aliphatic heterocycles. The summed E-state index contributed by atoms with van der Waals surface area (Å²) in [6, 6.07) is 9.16. The van der Waals surface area contributed by atoms with Crippen molar-refractivity contribution in [2.24, 2.45) is 5.10 Å². The monoisotopic (exact) mass is 400 g/mol. The van der Waals surface area contributed by atoms with E-state index in [1.54, 1.807) is 12.4 Å². The van der Waals surface area contributed by atoms with E-state index < -0.39 is 0 Å². The second kappa shape index (κ2) is 8.95. The number of nitrogen functional groups attached to an aromatic ring is 1. The fourth-order valence-corrected chi connectivity index (χ4v) is 2.76. The zero-order valence-corrected chi connectivity index (χ0v) is 15.7. The molecule has 0 aliphatic rings. The van der Waals surface area contributed by atoms with Crippen molar-refractivity contribution in [2.75, 3.05) is 22.3 Å². The van der Waals surface area contributed by atoms with E-state index in [2.05, 4.69) is 31.0 Å². The van der Waals surface area contributed by atoms with Crippen LogP contribution in [0.1, 0.15) is 12.5 Å². The second-order valence-electron chi connectivity index (χ2n) is 5.56. The summed E-state index contributed by atoms with van der Waals surface area (Å²) in [6.45, 7) is 1.83. The van der Waals surface area contributed by atoms with Gasteiger partial charge in [0.15, 0.2) is 0 Å². The van der Waals surface area contributed by atoms with E-state index in [-0.39, 0.29) is 23.4 Å². The maximum atomic E-state index is 12.9. The highest BCUT2D eigenvalue weighted by Gasteiger charge is 2.12. The Morgan fingerprint density at radius 1 is 1.21 bits per heavy atom. The van der Waals surface area contributed by atoms with Crippen LogP contribution in [0, 0.1) is 5.82 Å². The Kier molecular flexibility index (Phi) is 6.17. The first-order chi connectivity index (χ1) is 13.5. The van der Waals surface area contributed by atoms with Crippen molar-refractivity contribution >= 4 is 35.0 Å². The first kappa shape index (κ1) is 19.3. The molecule has 11 heteroatoms. The van der Waals surface area contributed by atoms with Gasteiger partial charge in [-0.25, -0.2) is 14.5 Å². The average Bonchev–Trinajstić information content (AvgIpc) is 3.06. The number of halogens is 1. The standard InChI is InChI=1S/C17H17FN8OS/c1-11(12-6-8-20-9-7-12)22-23-16-24-25-17(26(16)19)28-10-15(27)21-14-4-2-13(18)3-5-14/h2-9H,10,19H2,1H3,(H,21,27)(H,23,24)/b22-11+. The zero-order valence-electron chi connectivity index (χ0n) is 14.8. The summed E-state index contributed by atoms with van der Waals surface area (Å²) in [5.74, 6) is 5.59. The van der Waals surface area contributed by atoms with E-state index in [4.69, 9.17) is 5.84 Å². The molecule has 3 aromatic rings. The van der Waals surface area contributed by atoms with E-state index in [0.29, 0.717) is 10.8 Å². The van der Waals surface area contributed by atoms with Gasteiger partial charge in [-0.15, -0.1) is 10.2 Å². The molecule has 0 radical (unpaired) electrons. The van der Waals surface area contributed by atoms with Gasteiger partial charge in [-0.2, -0.15) is 5.10 Å². The van der Waals surface area contributed by atoms with E-state index in [1.165, 1.54) is 28.9 Å². The number of hydrazone groups is 1. The normalized spacial score (nSPS) is 11.3. The maximum Gasteiger partial charge on any atom is 0.264 e. The van der Waals surface area contributed by atoms with Gasteiger partial charge in [-0.1, -0.05) is 11.8 Å². The van der Waals surface area contributed by atoms with Crippen molar-refractivity contribution in [3.8, 4) is 0 Å². The molecular weight excluding hydrogens is 383 g/mol. The molecule has 3 rings (SSSR count). The number of thioether (sulfide) groups is 1. The number of anilines is 2. The Hall–Kier alpha value is -3.47. The molecule has 0 saturated carbocycles. The predicted molar refractivity (Wildman–Crippen MR) is 106 cm³/mol. The molecule has 0 fully saturated rings. The molecule has 0 unspecified atom stereocenters. The third-order valence-electron chi connectivity index (χ3n) is 3.55. The molecule has 0 atom stereocenters. The van der Waals surface area contributed by atoms with Gasteiger partial charge in [0.05, 0.1) is 11.5 Å². The Morgan fingerprint density at radius 3 is 2.64 bits per heavy atom. The summed E-state index contributed by atoms with van der Waals surface area (Å²) < 4.78 is 14.1. The van der Waals surface area contributed by atoms with Crippen molar-refractivity contribution in [1.82, 2.24) is 19.9 Å². The number of benzene rings is 1. The minimum absolute atomic E-state index is 0.0615. The third kappa shape index (κ3) is 5.04. The van der Waals surface area contributed by atoms with E-state index in [1.807, 2.05) is 19.1 Å². The first-order valence-electron chi connectivity index (χ1n) is 8.12. The van der Waals surface area contributed by atoms with Gasteiger partial charge < -0.3 is 11.2 Å². The Labute approximate surface area is 164 Å². The molecule has 28 heavy (non-hydrogen) atoms.